The van der Waals surface area contributed by atoms with Gasteiger partial charge in [-0.3, -0.25) is 4.68 Å². The van der Waals surface area contributed by atoms with E-state index < -0.39 is 0 Å². The number of aromatic nitrogens is 2. The molecule has 1 aliphatic heterocycles. The standard InChI is InChI=1S/C18H25N3O/c1-20-18(9-11-19-20)16-4-3-12-21(14-16)13-10-15-5-7-17(22-2)8-6-15/h5-9,11,16H,3-4,10,12-14H2,1-2H3. The zero-order valence-corrected chi connectivity index (χ0v) is 13.5. The number of methoxy groups -OCH3 is 1. The van der Waals surface area contributed by atoms with Gasteiger partial charge < -0.3 is 9.64 Å². The number of hydrogen-bond acceptors (Lipinski definition) is 3. The molecule has 4 nitrogen and oxygen atoms in total. The third kappa shape index (κ3) is 3.50. The van der Waals surface area contributed by atoms with E-state index >= 15 is 0 Å². The van der Waals surface area contributed by atoms with Crippen LogP contribution in [-0.4, -0.2) is 41.4 Å². The lowest BCUT2D eigenvalue weighted by atomic mass is 9.94. The van der Waals surface area contributed by atoms with Crippen molar-refractivity contribution in [2.24, 2.45) is 7.05 Å². The quantitative estimate of drug-likeness (QED) is 0.850. The van der Waals surface area contributed by atoms with E-state index in [2.05, 4.69) is 28.2 Å². The topological polar surface area (TPSA) is 30.3 Å². The van der Waals surface area contributed by atoms with E-state index in [1.165, 1.54) is 30.6 Å². The molecule has 1 aromatic heterocycles. The van der Waals surface area contributed by atoms with Crippen molar-refractivity contribution in [3.8, 4) is 5.75 Å². The number of likely N-dealkylation sites (tertiary alicyclic amines) is 1. The molecule has 22 heavy (non-hydrogen) atoms. The highest BCUT2D eigenvalue weighted by Gasteiger charge is 2.22. The van der Waals surface area contributed by atoms with Crippen molar-refractivity contribution in [1.29, 1.82) is 0 Å². The van der Waals surface area contributed by atoms with Gasteiger partial charge in [-0.1, -0.05) is 12.1 Å². The number of hydrogen-bond donors (Lipinski definition) is 0. The maximum Gasteiger partial charge on any atom is 0.118 e. The molecular weight excluding hydrogens is 274 g/mol. The van der Waals surface area contributed by atoms with Crippen LogP contribution < -0.4 is 4.74 Å². The summed E-state index contributed by atoms with van der Waals surface area (Å²) in [6.45, 7) is 3.49. The van der Waals surface area contributed by atoms with E-state index in [4.69, 9.17) is 4.74 Å². The van der Waals surface area contributed by atoms with Gasteiger partial charge in [0.25, 0.3) is 0 Å². The van der Waals surface area contributed by atoms with Crippen molar-refractivity contribution in [2.45, 2.75) is 25.2 Å². The number of piperidine rings is 1. The Labute approximate surface area is 132 Å². The second kappa shape index (κ2) is 6.97. The predicted molar refractivity (Wildman–Crippen MR) is 88.3 cm³/mol. The summed E-state index contributed by atoms with van der Waals surface area (Å²) in [5, 5.41) is 4.31. The first-order valence-electron chi connectivity index (χ1n) is 8.09. The summed E-state index contributed by atoms with van der Waals surface area (Å²) >= 11 is 0. The van der Waals surface area contributed by atoms with Crippen LogP contribution in [0.4, 0.5) is 0 Å². The van der Waals surface area contributed by atoms with E-state index in [1.54, 1.807) is 7.11 Å². The molecular formula is C18H25N3O. The summed E-state index contributed by atoms with van der Waals surface area (Å²) in [6.07, 6.45) is 5.56. The third-order valence-corrected chi connectivity index (χ3v) is 4.66. The lowest BCUT2D eigenvalue weighted by molar-refractivity contribution is 0.206. The molecule has 118 valence electrons. The highest BCUT2D eigenvalue weighted by molar-refractivity contribution is 5.27. The van der Waals surface area contributed by atoms with Crippen LogP contribution in [-0.2, 0) is 13.5 Å². The van der Waals surface area contributed by atoms with Gasteiger partial charge in [-0.05, 0) is 49.6 Å². The Morgan fingerprint density at radius 1 is 1.23 bits per heavy atom. The van der Waals surface area contributed by atoms with Crippen LogP contribution in [0.15, 0.2) is 36.5 Å². The van der Waals surface area contributed by atoms with Crippen LogP contribution in [0, 0.1) is 0 Å². The first-order valence-corrected chi connectivity index (χ1v) is 8.09. The monoisotopic (exact) mass is 299 g/mol. The van der Waals surface area contributed by atoms with E-state index in [-0.39, 0.29) is 0 Å². The lowest BCUT2D eigenvalue weighted by Crippen LogP contribution is -2.36. The molecule has 1 aromatic carbocycles. The molecule has 0 saturated carbocycles. The number of aryl methyl sites for hydroxylation is 1. The molecule has 0 radical (unpaired) electrons. The van der Waals surface area contributed by atoms with E-state index in [0.717, 1.165) is 25.3 Å². The van der Waals surface area contributed by atoms with E-state index in [1.807, 2.05) is 30.1 Å². The SMILES string of the molecule is COc1ccc(CCN2CCCC(c3ccnn3C)C2)cc1. The zero-order chi connectivity index (χ0) is 15.4. The largest absolute Gasteiger partial charge is 0.497 e. The van der Waals surface area contributed by atoms with Gasteiger partial charge >= 0.3 is 0 Å². The van der Waals surface area contributed by atoms with Crippen LogP contribution in [0.25, 0.3) is 0 Å². The Hall–Kier alpha value is -1.81. The molecule has 1 saturated heterocycles. The van der Waals surface area contributed by atoms with E-state index in [9.17, 15) is 0 Å². The molecule has 1 unspecified atom stereocenters. The summed E-state index contributed by atoms with van der Waals surface area (Å²) in [5.41, 5.74) is 2.75. The van der Waals surface area contributed by atoms with Crippen LogP contribution in [0.3, 0.4) is 0 Å². The summed E-state index contributed by atoms with van der Waals surface area (Å²) in [6, 6.07) is 10.6. The highest BCUT2D eigenvalue weighted by Crippen LogP contribution is 2.26. The maximum absolute atomic E-state index is 5.21. The van der Waals surface area contributed by atoms with Crippen LogP contribution in [0.5, 0.6) is 5.75 Å². The summed E-state index contributed by atoms with van der Waals surface area (Å²) in [5.74, 6) is 1.55. The molecule has 1 fully saturated rings. The molecule has 0 amide bonds. The van der Waals surface area contributed by atoms with Gasteiger partial charge in [0.2, 0.25) is 0 Å². The molecule has 3 rings (SSSR count). The molecule has 0 aliphatic carbocycles. The predicted octanol–water partition coefficient (Wildman–Crippen LogP) is 2.85. The smallest absolute Gasteiger partial charge is 0.118 e. The minimum Gasteiger partial charge on any atom is -0.497 e. The number of nitrogens with zero attached hydrogens (tertiary/aromatic N) is 3. The molecule has 2 aromatic rings. The highest BCUT2D eigenvalue weighted by atomic mass is 16.5. The van der Waals surface area contributed by atoms with Crippen molar-refractivity contribution in [3.05, 3.63) is 47.8 Å². The number of rotatable bonds is 5. The van der Waals surface area contributed by atoms with Gasteiger partial charge in [0, 0.05) is 37.9 Å². The van der Waals surface area contributed by atoms with Crippen molar-refractivity contribution >= 4 is 0 Å². The summed E-state index contributed by atoms with van der Waals surface area (Å²) in [7, 11) is 3.76. The average molecular weight is 299 g/mol. The molecule has 2 heterocycles. The fraction of sp³-hybridized carbons (Fsp3) is 0.500. The van der Waals surface area contributed by atoms with Gasteiger partial charge in [-0.15, -0.1) is 0 Å². The Kier molecular flexibility index (Phi) is 4.78. The molecule has 1 atom stereocenters. The van der Waals surface area contributed by atoms with Gasteiger partial charge in [-0.2, -0.15) is 5.10 Å². The van der Waals surface area contributed by atoms with Gasteiger partial charge in [0.15, 0.2) is 0 Å². The minimum atomic E-state index is 0.622. The average Bonchev–Trinajstić information content (AvgIpc) is 3.00. The molecule has 0 spiro atoms. The summed E-state index contributed by atoms with van der Waals surface area (Å²) < 4.78 is 7.24. The first kappa shape index (κ1) is 15.1. The van der Waals surface area contributed by atoms with Crippen LogP contribution in [0.2, 0.25) is 0 Å². The second-order valence-corrected chi connectivity index (χ2v) is 6.12. The fourth-order valence-electron chi connectivity index (χ4n) is 3.36. The second-order valence-electron chi connectivity index (χ2n) is 6.12. The van der Waals surface area contributed by atoms with Crippen LogP contribution in [0.1, 0.15) is 30.0 Å². The van der Waals surface area contributed by atoms with Gasteiger partial charge in [-0.25, -0.2) is 0 Å². The molecule has 4 heteroatoms. The molecule has 0 N–H and O–H groups in total. The zero-order valence-electron chi connectivity index (χ0n) is 13.5. The normalized spacial score (nSPS) is 19.3. The third-order valence-electron chi connectivity index (χ3n) is 4.66. The van der Waals surface area contributed by atoms with E-state index in [0.29, 0.717) is 5.92 Å². The molecule has 0 bridgehead atoms. The fourth-order valence-corrected chi connectivity index (χ4v) is 3.36. The maximum atomic E-state index is 5.21. The van der Waals surface area contributed by atoms with Crippen molar-refractivity contribution in [3.63, 3.8) is 0 Å². The Bertz CT molecular complexity index is 591. The Morgan fingerprint density at radius 2 is 2.05 bits per heavy atom. The lowest BCUT2D eigenvalue weighted by Gasteiger charge is -2.32. The van der Waals surface area contributed by atoms with Crippen molar-refractivity contribution in [1.82, 2.24) is 14.7 Å². The van der Waals surface area contributed by atoms with Crippen molar-refractivity contribution < 1.29 is 4.74 Å². The number of ether oxygens (including phenoxy) is 1. The first-order chi connectivity index (χ1) is 10.8. The Morgan fingerprint density at radius 3 is 2.73 bits per heavy atom. The Balaban J connectivity index is 1.55. The molecule has 1 aliphatic rings. The summed E-state index contributed by atoms with van der Waals surface area (Å²) in [4.78, 5) is 2.59. The van der Waals surface area contributed by atoms with Gasteiger partial charge in [0.05, 0.1) is 7.11 Å². The van der Waals surface area contributed by atoms with Gasteiger partial charge in [0.1, 0.15) is 5.75 Å². The van der Waals surface area contributed by atoms with Crippen LogP contribution >= 0.6 is 0 Å². The van der Waals surface area contributed by atoms with Crippen molar-refractivity contribution in [2.75, 3.05) is 26.7 Å². The number of benzene rings is 1. The minimum absolute atomic E-state index is 0.622.